The minimum atomic E-state index is -0.446. The predicted molar refractivity (Wildman–Crippen MR) is 91.3 cm³/mol. The fourth-order valence-corrected chi connectivity index (χ4v) is 2.60. The van der Waals surface area contributed by atoms with E-state index in [0.29, 0.717) is 13.2 Å². The van der Waals surface area contributed by atoms with Crippen molar-refractivity contribution in [1.82, 2.24) is 10.5 Å². The second-order valence-electron chi connectivity index (χ2n) is 5.48. The van der Waals surface area contributed by atoms with Crippen molar-refractivity contribution in [3.8, 4) is 5.75 Å². The average Bonchev–Trinajstić information content (AvgIpc) is 2.98. The molecule has 1 aromatic heterocycles. The summed E-state index contributed by atoms with van der Waals surface area (Å²) < 4.78 is 11.0. The molecule has 3 rings (SSSR count). The summed E-state index contributed by atoms with van der Waals surface area (Å²) >= 11 is 0. The normalized spacial score (nSPS) is 11.0. The van der Waals surface area contributed by atoms with E-state index < -0.39 is 5.91 Å². The van der Waals surface area contributed by atoms with Gasteiger partial charge in [-0.2, -0.15) is 0 Å². The third-order valence-corrected chi connectivity index (χ3v) is 3.78. The molecule has 0 atom stereocenters. The van der Waals surface area contributed by atoms with E-state index in [9.17, 15) is 4.79 Å². The summed E-state index contributed by atoms with van der Waals surface area (Å²) in [6.07, 6.45) is 0.875. The largest absolute Gasteiger partial charge is 0.493 e. The van der Waals surface area contributed by atoms with E-state index in [4.69, 9.17) is 14.7 Å². The number of benzene rings is 2. The third kappa shape index (κ3) is 3.84. The zero-order valence-corrected chi connectivity index (χ0v) is 13.2. The summed E-state index contributed by atoms with van der Waals surface area (Å²) in [5.74, 6) is 0.367. The highest BCUT2D eigenvalue weighted by Crippen LogP contribution is 2.28. The van der Waals surface area contributed by atoms with Crippen molar-refractivity contribution in [2.45, 2.75) is 12.8 Å². The Morgan fingerprint density at radius 1 is 1.04 bits per heavy atom. The van der Waals surface area contributed by atoms with Crippen molar-refractivity contribution in [3.63, 3.8) is 0 Å². The molecule has 1 amide bonds. The molecular formula is C18H20N2O4. The van der Waals surface area contributed by atoms with Gasteiger partial charge in [-0.05, 0) is 18.2 Å². The van der Waals surface area contributed by atoms with Gasteiger partial charge >= 0.3 is 0 Å². The van der Waals surface area contributed by atoms with Crippen LogP contribution in [-0.2, 0) is 9.53 Å². The molecule has 3 N–H and O–H groups in total. The van der Waals surface area contributed by atoms with Crippen LogP contribution in [-0.4, -0.2) is 35.9 Å². The Kier molecular flexibility index (Phi) is 5.30. The van der Waals surface area contributed by atoms with Crippen molar-refractivity contribution >= 4 is 27.7 Å². The maximum absolute atomic E-state index is 10.8. The number of hydrogen-bond donors (Lipinski definition) is 3. The van der Waals surface area contributed by atoms with E-state index in [1.165, 1.54) is 10.8 Å². The molecule has 0 unspecified atom stereocenters. The van der Waals surface area contributed by atoms with Gasteiger partial charge in [-0.1, -0.05) is 18.2 Å². The molecule has 0 saturated carbocycles. The van der Waals surface area contributed by atoms with Gasteiger partial charge in [0.05, 0.1) is 25.2 Å². The number of carbonyl (C=O) groups excluding carboxylic acids is 1. The van der Waals surface area contributed by atoms with Crippen molar-refractivity contribution in [1.29, 1.82) is 0 Å². The topological polar surface area (TPSA) is 83.6 Å². The Hall–Kier alpha value is -2.57. The van der Waals surface area contributed by atoms with E-state index in [2.05, 4.69) is 23.2 Å². The van der Waals surface area contributed by atoms with Gasteiger partial charge < -0.3 is 14.5 Å². The lowest BCUT2D eigenvalue weighted by atomic mass is 10.1. The molecule has 6 nitrogen and oxygen atoms in total. The minimum Gasteiger partial charge on any atom is -0.493 e. The van der Waals surface area contributed by atoms with Crippen LogP contribution in [0.15, 0.2) is 42.5 Å². The van der Waals surface area contributed by atoms with Gasteiger partial charge in [0.15, 0.2) is 0 Å². The highest BCUT2D eigenvalue weighted by Gasteiger charge is 2.05. The van der Waals surface area contributed by atoms with Crippen molar-refractivity contribution < 1.29 is 19.5 Å². The number of nitrogens with one attached hydrogen (secondary N) is 2. The molecule has 24 heavy (non-hydrogen) atoms. The molecule has 0 spiro atoms. The lowest BCUT2D eigenvalue weighted by Gasteiger charge is -2.07. The first-order chi connectivity index (χ1) is 11.8. The van der Waals surface area contributed by atoms with Crippen LogP contribution in [0.3, 0.4) is 0 Å². The Bertz CT molecular complexity index is 828. The molecular weight excluding hydrogens is 308 g/mol. The van der Waals surface area contributed by atoms with Gasteiger partial charge in [-0.15, -0.1) is 0 Å². The Morgan fingerprint density at radius 2 is 1.88 bits per heavy atom. The number of carbonyl (C=O) groups is 1. The summed E-state index contributed by atoms with van der Waals surface area (Å²) in [5.41, 5.74) is 3.74. The van der Waals surface area contributed by atoms with Gasteiger partial charge in [0, 0.05) is 35.4 Å². The number of aromatic nitrogens is 1. The molecule has 0 aliphatic carbocycles. The van der Waals surface area contributed by atoms with Crippen LogP contribution in [0.2, 0.25) is 0 Å². The Labute approximate surface area is 139 Å². The molecule has 6 heteroatoms. The number of rotatable bonds is 8. The van der Waals surface area contributed by atoms with E-state index in [1.54, 1.807) is 5.48 Å². The minimum absolute atomic E-state index is 0.147. The Balaban J connectivity index is 1.47. The summed E-state index contributed by atoms with van der Waals surface area (Å²) in [4.78, 5) is 14.2. The fraction of sp³-hybridized carbons (Fsp3) is 0.278. The molecule has 3 aromatic rings. The summed E-state index contributed by atoms with van der Waals surface area (Å²) in [5, 5.41) is 10.7. The number of aromatic amines is 1. The fourth-order valence-electron chi connectivity index (χ4n) is 2.60. The molecule has 0 aliphatic rings. The number of hydroxylamine groups is 1. The van der Waals surface area contributed by atoms with Crippen molar-refractivity contribution in [2.75, 3.05) is 19.8 Å². The second kappa shape index (κ2) is 7.81. The van der Waals surface area contributed by atoms with Crippen LogP contribution in [0.25, 0.3) is 21.8 Å². The van der Waals surface area contributed by atoms with Crippen LogP contribution in [0, 0.1) is 0 Å². The van der Waals surface area contributed by atoms with Crippen molar-refractivity contribution in [3.05, 3.63) is 42.5 Å². The smallest absolute Gasteiger partial charge is 0.245 e. The van der Waals surface area contributed by atoms with E-state index in [1.807, 2.05) is 24.3 Å². The number of ether oxygens (including phenoxy) is 2. The molecule has 2 aromatic carbocycles. The summed E-state index contributed by atoms with van der Waals surface area (Å²) in [6, 6.07) is 14.2. The SMILES string of the molecule is O=C(CCOCCCOc1ccc2c(c1)[nH]c1ccccc12)NO. The van der Waals surface area contributed by atoms with Gasteiger partial charge in [-0.25, -0.2) is 5.48 Å². The second-order valence-corrected chi connectivity index (χ2v) is 5.48. The first-order valence-electron chi connectivity index (χ1n) is 7.92. The molecule has 0 fully saturated rings. The molecule has 0 bridgehead atoms. The highest BCUT2D eigenvalue weighted by atomic mass is 16.5. The van der Waals surface area contributed by atoms with Crippen LogP contribution in [0.5, 0.6) is 5.75 Å². The third-order valence-electron chi connectivity index (χ3n) is 3.78. The number of fused-ring (bicyclic) bond motifs is 3. The van der Waals surface area contributed by atoms with E-state index in [0.717, 1.165) is 23.2 Å². The van der Waals surface area contributed by atoms with Crippen LogP contribution in [0.1, 0.15) is 12.8 Å². The van der Waals surface area contributed by atoms with Gasteiger partial charge in [0.2, 0.25) is 5.91 Å². The number of hydrogen-bond acceptors (Lipinski definition) is 4. The zero-order valence-electron chi connectivity index (χ0n) is 13.2. The van der Waals surface area contributed by atoms with Gasteiger partial charge in [0.1, 0.15) is 5.75 Å². The maximum Gasteiger partial charge on any atom is 0.245 e. The zero-order chi connectivity index (χ0) is 16.8. The lowest BCUT2D eigenvalue weighted by molar-refractivity contribution is -0.130. The number of H-pyrrole nitrogens is 1. The van der Waals surface area contributed by atoms with Crippen molar-refractivity contribution in [2.24, 2.45) is 0 Å². The van der Waals surface area contributed by atoms with Gasteiger partial charge in [0.25, 0.3) is 0 Å². The molecule has 0 radical (unpaired) electrons. The van der Waals surface area contributed by atoms with Crippen LogP contribution in [0.4, 0.5) is 0 Å². The highest BCUT2D eigenvalue weighted by molar-refractivity contribution is 6.07. The monoisotopic (exact) mass is 328 g/mol. The van der Waals surface area contributed by atoms with Crippen LogP contribution < -0.4 is 10.2 Å². The Morgan fingerprint density at radius 3 is 2.75 bits per heavy atom. The van der Waals surface area contributed by atoms with Gasteiger partial charge in [-0.3, -0.25) is 10.0 Å². The summed E-state index contributed by atoms with van der Waals surface area (Å²) in [6.45, 7) is 1.33. The molecule has 0 aliphatic heterocycles. The quantitative estimate of drug-likeness (QED) is 0.337. The summed E-state index contributed by atoms with van der Waals surface area (Å²) in [7, 11) is 0. The first kappa shape index (κ1) is 16.3. The molecule has 126 valence electrons. The number of amides is 1. The first-order valence-corrected chi connectivity index (χ1v) is 7.92. The van der Waals surface area contributed by atoms with E-state index in [-0.39, 0.29) is 13.0 Å². The predicted octanol–water partition coefficient (Wildman–Crippen LogP) is 3.00. The maximum atomic E-state index is 10.8. The standard InChI is InChI=1S/C18H20N2O4/c21-18(20-22)8-11-23-9-3-10-24-13-6-7-15-14-4-1-2-5-16(14)19-17(15)12-13/h1-2,4-7,12,19,22H,3,8-11H2,(H,20,21). The lowest BCUT2D eigenvalue weighted by Crippen LogP contribution is -2.20. The molecule has 1 heterocycles. The molecule has 0 saturated heterocycles. The number of para-hydroxylation sites is 1. The van der Waals surface area contributed by atoms with E-state index >= 15 is 0 Å². The average molecular weight is 328 g/mol. The van der Waals surface area contributed by atoms with Crippen LogP contribution >= 0.6 is 0 Å².